The maximum absolute atomic E-state index is 14.8. The number of likely N-dealkylation sites (tertiary alicyclic amines) is 1. The first-order valence-corrected chi connectivity index (χ1v) is 10.3. The quantitative estimate of drug-likeness (QED) is 0.376. The molecular weight excluding hydrogens is 413 g/mol. The number of aliphatic hydroxyl groups is 1. The van der Waals surface area contributed by atoms with E-state index in [0.29, 0.717) is 17.7 Å². The first-order valence-electron chi connectivity index (χ1n) is 10.3. The lowest BCUT2D eigenvalue weighted by molar-refractivity contribution is -0.140. The van der Waals surface area contributed by atoms with Gasteiger partial charge in [0.2, 0.25) is 0 Å². The SMILES string of the molecule is C[C@@H]1Cc2cc(C(O)=C3C(=O)C(=O)N(Cc4ccco4)[C@@H]3c3ccccc3F)ccc2O1. The molecule has 32 heavy (non-hydrogen) atoms. The lowest BCUT2D eigenvalue weighted by atomic mass is 9.94. The zero-order valence-electron chi connectivity index (χ0n) is 17.2. The topological polar surface area (TPSA) is 80.0 Å². The minimum absolute atomic E-state index is 0.0136. The third-order valence-corrected chi connectivity index (χ3v) is 5.82. The molecule has 2 aliphatic rings. The highest BCUT2D eigenvalue weighted by Gasteiger charge is 2.47. The predicted molar refractivity (Wildman–Crippen MR) is 113 cm³/mol. The molecule has 1 aromatic heterocycles. The molecule has 0 unspecified atom stereocenters. The summed E-state index contributed by atoms with van der Waals surface area (Å²) in [7, 11) is 0. The number of aliphatic hydroxyl groups excluding tert-OH is 1. The van der Waals surface area contributed by atoms with Crippen molar-refractivity contribution in [3.8, 4) is 5.75 Å². The summed E-state index contributed by atoms with van der Waals surface area (Å²) in [5.74, 6) is -1.46. The summed E-state index contributed by atoms with van der Waals surface area (Å²) in [6.45, 7) is 1.90. The average molecular weight is 433 g/mol. The van der Waals surface area contributed by atoms with E-state index in [9.17, 15) is 19.1 Å². The van der Waals surface area contributed by atoms with Crippen LogP contribution in [0.15, 0.2) is 70.9 Å². The Hall–Kier alpha value is -3.87. The van der Waals surface area contributed by atoms with Crippen LogP contribution in [0.2, 0.25) is 0 Å². The van der Waals surface area contributed by atoms with Gasteiger partial charge in [-0.3, -0.25) is 9.59 Å². The molecular formula is C25H20FNO5. The molecule has 0 aliphatic carbocycles. The fourth-order valence-corrected chi connectivity index (χ4v) is 4.36. The van der Waals surface area contributed by atoms with Crippen molar-refractivity contribution in [1.29, 1.82) is 0 Å². The summed E-state index contributed by atoms with van der Waals surface area (Å²) in [5.41, 5.74) is 1.24. The van der Waals surface area contributed by atoms with Gasteiger partial charge in [0.25, 0.3) is 11.7 Å². The van der Waals surface area contributed by atoms with Gasteiger partial charge in [-0.1, -0.05) is 18.2 Å². The predicted octanol–water partition coefficient (Wildman–Crippen LogP) is 4.36. The van der Waals surface area contributed by atoms with E-state index in [4.69, 9.17) is 9.15 Å². The summed E-state index contributed by atoms with van der Waals surface area (Å²) in [4.78, 5) is 27.2. The zero-order chi connectivity index (χ0) is 22.4. The van der Waals surface area contributed by atoms with Crippen molar-refractivity contribution >= 4 is 17.4 Å². The van der Waals surface area contributed by atoms with Gasteiger partial charge in [0.15, 0.2) is 0 Å². The van der Waals surface area contributed by atoms with Gasteiger partial charge < -0.3 is 19.2 Å². The van der Waals surface area contributed by atoms with E-state index < -0.39 is 23.5 Å². The summed E-state index contributed by atoms with van der Waals surface area (Å²) >= 11 is 0. The Balaban J connectivity index is 1.65. The van der Waals surface area contributed by atoms with Crippen LogP contribution in [0, 0.1) is 5.82 Å². The molecule has 1 amide bonds. The number of carbonyl (C=O) groups is 2. The van der Waals surface area contributed by atoms with Gasteiger partial charge in [-0.15, -0.1) is 0 Å². The van der Waals surface area contributed by atoms with E-state index in [-0.39, 0.29) is 29.5 Å². The number of Topliss-reactive ketones (excluding diaryl/α,β-unsaturated/α-hetero) is 1. The molecule has 6 nitrogen and oxygen atoms in total. The van der Waals surface area contributed by atoms with E-state index in [1.165, 1.54) is 29.4 Å². The van der Waals surface area contributed by atoms with Crippen molar-refractivity contribution < 1.29 is 28.2 Å². The number of furan rings is 1. The van der Waals surface area contributed by atoms with Gasteiger partial charge in [0, 0.05) is 17.5 Å². The number of hydrogen-bond acceptors (Lipinski definition) is 5. The van der Waals surface area contributed by atoms with Crippen LogP contribution in [0.5, 0.6) is 5.75 Å². The Kier molecular flexibility index (Phi) is 4.81. The number of halogens is 1. The van der Waals surface area contributed by atoms with Crippen molar-refractivity contribution in [2.75, 3.05) is 0 Å². The Bertz CT molecular complexity index is 1250. The van der Waals surface area contributed by atoms with Gasteiger partial charge in [-0.05, 0) is 48.9 Å². The molecule has 0 saturated carbocycles. The molecule has 1 N–H and O–H groups in total. The van der Waals surface area contributed by atoms with Crippen molar-refractivity contribution in [2.45, 2.75) is 32.0 Å². The minimum Gasteiger partial charge on any atom is -0.507 e. The Labute approximate surface area is 183 Å². The maximum atomic E-state index is 14.8. The highest BCUT2D eigenvalue weighted by molar-refractivity contribution is 6.46. The number of benzene rings is 2. The van der Waals surface area contributed by atoms with E-state index in [1.807, 2.05) is 6.92 Å². The van der Waals surface area contributed by atoms with Crippen LogP contribution >= 0.6 is 0 Å². The lowest BCUT2D eigenvalue weighted by Crippen LogP contribution is -2.29. The number of ether oxygens (including phenoxy) is 1. The van der Waals surface area contributed by atoms with Crippen LogP contribution in [0.25, 0.3) is 5.76 Å². The maximum Gasteiger partial charge on any atom is 0.296 e. The number of rotatable bonds is 4. The highest BCUT2D eigenvalue weighted by Crippen LogP contribution is 2.42. The van der Waals surface area contributed by atoms with Crippen LogP contribution in [0.4, 0.5) is 4.39 Å². The normalized spacial score (nSPS) is 21.6. The second-order valence-electron chi connectivity index (χ2n) is 7.98. The Morgan fingerprint density at radius 1 is 1.16 bits per heavy atom. The Morgan fingerprint density at radius 2 is 1.97 bits per heavy atom. The van der Waals surface area contributed by atoms with Crippen molar-refractivity contribution in [1.82, 2.24) is 4.90 Å². The first kappa shape index (κ1) is 20.1. The molecule has 3 heterocycles. The van der Waals surface area contributed by atoms with Crippen LogP contribution in [-0.2, 0) is 22.6 Å². The number of ketones is 1. The number of carbonyl (C=O) groups excluding carboxylic acids is 2. The molecule has 0 bridgehead atoms. The van der Waals surface area contributed by atoms with E-state index in [0.717, 1.165) is 11.3 Å². The third-order valence-electron chi connectivity index (χ3n) is 5.82. The van der Waals surface area contributed by atoms with Crippen LogP contribution in [-0.4, -0.2) is 27.8 Å². The van der Waals surface area contributed by atoms with Gasteiger partial charge in [-0.2, -0.15) is 0 Å². The van der Waals surface area contributed by atoms with Crippen LogP contribution < -0.4 is 4.74 Å². The van der Waals surface area contributed by atoms with E-state index in [2.05, 4.69) is 0 Å². The third kappa shape index (κ3) is 3.26. The van der Waals surface area contributed by atoms with Gasteiger partial charge in [-0.25, -0.2) is 4.39 Å². The van der Waals surface area contributed by atoms with Gasteiger partial charge >= 0.3 is 0 Å². The fraction of sp³-hybridized carbons (Fsp3) is 0.200. The molecule has 0 radical (unpaired) electrons. The molecule has 2 atom stereocenters. The zero-order valence-corrected chi connectivity index (χ0v) is 17.2. The van der Waals surface area contributed by atoms with Crippen molar-refractivity contribution in [3.63, 3.8) is 0 Å². The van der Waals surface area contributed by atoms with Crippen molar-refractivity contribution in [2.24, 2.45) is 0 Å². The van der Waals surface area contributed by atoms with Crippen LogP contribution in [0.3, 0.4) is 0 Å². The molecule has 2 aromatic carbocycles. The number of fused-ring (bicyclic) bond motifs is 1. The molecule has 0 spiro atoms. The van der Waals surface area contributed by atoms with Gasteiger partial charge in [0.1, 0.15) is 29.2 Å². The molecule has 3 aromatic rings. The Morgan fingerprint density at radius 3 is 2.72 bits per heavy atom. The van der Waals surface area contributed by atoms with Gasteiger partial charge in [0.05, 0.1) is 24.4 Å². The summed E-state index contributed by atoms with van der Waals surface area (Å²) < 4.78 is 25.9. The fourth-order valence-electron chi connectivity index (χ4n) is 4.36. The standard InChI is InChI=1S/C25H20FNO5/c1-14-11-16-12-15(8-9-20(16)32-14)23(28)21-22(18-6-2-3-7-19(18)26)27(25(30)24(21)29)13-17-5-4-10-31-17/h2-10,12,14,22,28H,11,13H2,1H3/t14-,22-/m1/s1. The number of hydrogen-bond donors (Lipinski definition) is 1. The number of amides is 1. The monoisotopic (exact) mass is 433 g/mol. The van der Waals surface area contributed by atoms with Crippen LogP contribution in [0.1, 0.15) is 35.4 Å². The largest absolute Gasteiger partial charge is 0.507 e. The molecule has 1 saturated heterocycles. The van der Waals surface area contributed by atoms with Crippen molar-refractivity contribution in [3.05, 3.63) is 94.7 Å². The average Bonchev–Trinajstić information content (AvgIpc) is 3.48. The summed E-state index contributed by atoms with van der Waals surface area (Å²) in [6, 6.07) is 13.3. The second-order valence-corrected chi connectivity index (χ2v) is 7.98. The highest BCUT2D eigenvalue weighted by atomic mass is 19.1. The van der Waals surface area contributed by atoms with E-state index in [1.54, 1.807) is 36.4 Å². The molecule has 1 fully saturated rings. The molecule has 5 rings (SSSR count). The number of nitrogens with zero attached hydrogens (tertiary/aromatic N) is 1. The molecule has 162 valence electrons. The smallest absolute Gasteiger partial charge is 0.296 e. The minimum atomic E-state index is -1.09. The first-order chi connectivity index (χ1) is 15.4. The molecule has 2 aliphatic heterocycles. The lowest BCUT2D eigenvalue weighted by Gasteiger charge is -2.24. The van der Waals surface area contributed by atoms with E-state index >= 15 is 0 Å². The second kappa shape index (κ2) is 7.67. The summed E-state index contributed by atoms with van der Waals surface area (Å²) in [5, 5.41) is 11.2. The summed E-state index contributed by atoms with van der Waals surface area (Å²) in [6.07, 6.45) is 2.14. The molecule has 7 heteroatoms.